The van der Waals surface area contributed by atoms with Gasteiger partial charge in [0.25, 0.3) is 0 Å². The van der Waals surface area contributed by atoms with Crippen LogP contribution in [-0.4, -0.2) is 58.3 Å². The first-order valence-electron chi connectivity index (χ1n) is 13.9. The zero-order valence-electron chi connectivity index (χ0n) is 25.1. The van der Waals surface area contributed by atoms with Crippen molar-refractivity contribution in [3.8, 4) is 28.9 Å². The lowest BCUT2D eigenvalue weighted by atomic mass is 9.99. The molecular weight excluding hydrogens is 576 g/mol. The van der Waals surface area contributed by atoms with Crippen LogP contribution in [0.4, 0.5) is 21.9 Å². The molecule has 4 aromatic rings. The molecule has 1 aromatic heterocycles. The van der Waals surface area contributed by atoms with Gasteiger partial charge in [-0.3, -0.25) is 9.69 Å². The summed E-state index contributed by atoms with van der Waals surface area (Å²) in [5.74, 6) is 1.39. The molecule has 0 atom stereocenters. The van der Waals surface area contributed by atoms with Gasteiger partial charge < -0.3 is 15.0 Å². The molecule has 44 heavy (non-hydrogen) atoms. The highest BCUT2D eigenvalue weighted by molar-refractivity contribution is 8.15. The summed E-state index contributed by atoms with van der Waals surface area (Å²) < 4.78 is 6.95. The van der Waals surface area contributed by atoms with Gasteiger partial charge in [-0.1, -0.05) is 31.7 Å². The summed E-state index contributed by atoms with van der Waals surface area (Å²) in [6, 6.07) is 20.1. The first-order valence-corrected chi connectivity index (χ1v) is 14.9. The number of nitrogens with one attached hydrogen (secondary N) is 1. The molecule has 2 heterocycles. The van der Waals surface area contributed by atoms with Crippen molar-refractivity contribution in [2.75, 3.05) is 41.6 Å². The maximum absolute atomic E-state index is 13.1. The van der Waals surface area contributed by atoms with Gasteiger partial charge in [0, 0.05) is 31.0 Å². The van der Waals surface area contributed by atoms with E-state index in [1.54, 1.807) is 34.1 Å². The van der Waals surface area contributed by atoms with Crippen LogP contribution in [0.1, 0.15) is 30.9 Å². The van der Waals surface area contributed by atoms with E-state index in [2.05, 4.69) is 34.2 Å². The summed E-state index contributed by atoms with van der Waals surface area (Å²) in [4.78, 5) is 38.4. The Labute approximate surface area is 260 Å². The highest BCUT2D eigenvalue weighted by Gasteiger charge is 2.32. The number of nitrogens with zero attached hydrogens (tertiary/aromatic N) is 7. The molecule has 224 valence electrons. The summed E-state index contributed by atoms with van der Waals surface area (Å²) in [7, 11) is 3.89. The summed E-state index contributed by atoms with van der Waals surface area (Å²) in [5, 5.41) is 16.5. The van der Waals surface area contributed by atoms with E-state index in [9.17, 15) is 9.59 Å². The summed E-state index contributed by atoms with van der Waals surface area (Å²) in [6.07, 6.45) is 1.62. The molecule has 1 saturated heterocycles. The molecule has 0 spiro atoms. The number of thioether (sulfide) groups is 1. The number of hydrogen-bond acceptors (Lipinski definition) is 8. The number of aromatic nitrogens is 3. The van der Waals surface area contributed by atoms with Crippen LogP contribution in [0.5, 0.6) is 5.75 Å². The third-order valence-electron chi connectivity index (χ3n) is 6.98. The van der Waals surface area contributed by atoms with Crippen LogP contribution in [0.2, 0.25) is 0 Å². The number of rotatable bonds is 8. The number of amides is 3. The number of carbonyl (C=O) groups excluding carboxylic acids is 2. The third-order valence-corrected chi connectivity index (χ3v) is 7.90. The van der Waals surface area contributed by atoms with E-state index in [4.69, 9.17) is 10.00 Å². The molecule has 0 radical (unpaired) electrons. The highest BCUT2D eigenvalue weighted by atomic mass is 32.2. The van der Waals surface area contributed by atoms with Crippen molar-refractivity contribution < 1.29 is 14.3 Å². The molecule has 3 amide bonds. The quantitative estimate of drug-likeness (QED) is 0.258. The molecule has 1 aliphatic rings. The largest absolute Gasteiger partial charge is 0.479 e. The average molecular weight is 609 g/mol. The van der Waals surface area contributed by atoms with Crippen molar-refractivity contribution in [2.24, 2.45) is 4.99 Å². The fourth-order valence-electron chi connectivity index (χ4n) is 4.68. The first kappa shape index (κ1) is 30.3. The van der Waals surface area contributed by atoms with Gasteiger partial charge in [-0.15, -0.1) is 5.10 Å². The Kier molecular flexibility index (Phi) is 8.96. The number of benzene rings is 3. The Balaban J connectivity index is 1.32. The number of hydrogen-bond donors (Lipinski definition) is 1. The maximum atomic E-state index is 13.1. The van der Waals surface area contributed by atoms with Gasteiger partial charge in [0.2, 0.25) is 5.91 Å². The van der Waals surface area contributed by atoms with Gasteiger partial charge in [0.15, 0.2) is 17.6 Å². The summed E-state index contributed by atoms with van der Waals surface area (Å²) in [6.45, 7) is 6.01. The second-order valence-electron chi connectivity index (χ2n) is 10.6. The first-order chi connectivity index (χ1) is 21.1. The van der Waals surface area contributed by atoms with Crippen LogP contribution in [0.25, 0.3) is 17.1 Å². The number of anilines is 3. The summed E-state index contributed by atoms with van der Waals surface area (Å²) >= 11 is 1.25. The lowest BCUT2D eigenvalue weighted by Gasteiger charge is -2.24. The zero-order chi connectivity index (χ0) is 31.4. The van der Waals surface area contributed by atoms with Gasteiger partial charge in [0.1, 0.15) is 18.1 Å². The zero-order valence-corrected chi connectivity index (χ0v) is 25.9. The van der Waals surface area contributed by atoms with E-state index in [-0.39, 0.29) is 24.2 Å². The van der Waals surface area contributed by atoms with Crippen LogP contribution in [0, 0.1) is 18.3 Å². The molecule has 1 aliphatic heterocycles. The van der Waals surface area contributed by atoms with Crippen molar-refractivity contribution in [3.63, 3.8) is 0 Å². The van der Waals surface area contributed by atoms with Crippen molar-refractivity contribution in [2.45, 2.75) is 26.7 Å². The number of carbonyl (C=O) groups is 2. The summed E-state index contributed by atoms with van der Waals surface area (Å²) in [5.41, 5.74) is 5.66. The number of ether oxygens (including phenoxy) is 1. The SMILES string of the molecule is Cc1cc(-c2ncn(-c3ccc(OCC#N)cc3)n2)ccc1NC(=O)N=C1SCC(=O)N1c1cc(N(C)C)ccc1C(C)C. The highest BCUT2D eigenvalue weighted by Crippen LogP contribution is 2.36. The van der Waals surface area contributed by atoms with Crippen LogP contribution < -0.4 is 19.9 Å². The van der Waals surface area contributed by atoms with E-state index in [0.29, 0.717) is 22.4 Å². The van der Waals surface area contributed by atoms with E-state index in [1.165, 1.54) is 11.8 Å². The molecule has 12 heteroatoms. The van der Waals surface area contributed by atoms with Gasteiger partial charge in [-0.05, 0) is 78.6 Å². The number of urea groups is 1. The van der Waals surface area contributed by atoms with E-state index >= 15 is 0 Å². The third kappa shape index (κ3) is 6.58. The molecule has 5 rings (SSSR count). The molecule has 0 saturated carbocycles. The van der Waals surface area contributed by atoms with Crippen molar-refractivity contribution in [3.05, 3.63) is 78.1 Å². The second-order valence-corrected chi connectivity index (χ2v) is 11.6. The number of nitriles is 1. The lowest BCUT2D eigenvalue weighted by molar-refractivity contribution is -0.115. The Morgan fingerprint density at radius 1 is 1.16 bits per heavy atom. The molecule has 11 nitrogen and oxygen atoms in total. The standard InChI is InChI=1S/C32H32N8O3S/c1-20(2)26-12-9-24(38(4)5)17-28(26)40-29(41)18-44-32(40)36-31(42)35-27-13-6-22(16-21(27)3)30-34-19-39(37-30)23-7-10-25(11-8-23)43-15-14-33/h6-13,16-17,19-20H,15,18H2,1-5H3,(H,35,42). The monoisotopic (exact) mass is 608 g/mol. The predicted octanol–water partition coefficient (Wildman–Crippen LogP) is 6.00. The molecule has 3 aromatic carbocycles. The minimum atomic E-state index is -0.567. The maximum Gasteiger partial charge on any atom is 0.347 e. The predicted molar refractivity (Wildman–Crippen MR) is 174 cm³/mol. The van der Waals surface area contributed by atoms with Crippen molar-refractivity contribution >= 4 is 45.9 Å². The Bertz CT molecular complexity index is 1770. The van der Waals surface area contributed by atoms with Crippen LogP contribution in [0.3, 0.4) is 0 Å². The van der Waals surface area contributed by atoms with Crippen LogP contribution >= 0.6 is 11.8 Å². The average Bonchev–Trinajstić information content (AvgIpc) is 3.64. The molecule has 0 bridgehead atoms. The van der Waals surface area contributed by atoms with Gasteiger partial charge in [0.05, 0.1) is 17.1 Å². The van der Waals surface area contributed by atoms with Crippen molar-refractivity contribution in [1.82, 2.24) is 14.8 Å². The fraction of sp³-hybridized carbons (Fsp3) is 0.250. The number of aryl methyl sites for hydroxylation is 1. The number of amidine groups is 1. The van der Waals surface area contributed by atoms with Crippen molar-refractivity contribution in [1.29, 1.82) is 5.26 Å². The molecular formula is C32H32N8O3S. The Hall–Kier alpha value is -5.15. The van der Waals surface area contributed by atoms with Crippen LogP contribution in [-0.2, 0) is 4.79 Å². The number of aliphatic imine (C=N–C) groups is 1. The Morgan fingerprint density at radius 2 is 1.93 bits per heavy atom. The van der Waals surface area contributed by atoms with E-state index in [1.807, 2.05) is 74.5 Å². The topological polar surface area (TPSA) is 129 Å². The van der Waals surface area contributed by atoms with Gasteiger partial charge in [-0.2, -0.15) is 10.3 Å². The molecule has 0 unspecified atom stereocenters. The van der Waals surface area contributed by atoms with E-state index < -0.39 is 6.03 Å². The van der Waals surface area contributed by atoms with Gasteiger partial charge in [-0.25, -0.2) is 14.5 Å². The normalized spacial score (nSPS) is 13.8. The minimum Gasteiger partial charge on any atom is -0.479 e. The molecule has 0 aliphatic carbocycles. The lowest BCUT2D eigenvalue weighted by Crippen LogP contribution is -2.31. The molecule has 1 N–H and O–H groups in total. The fourth-order valence-corrected chi connectivity index (χ4v) is 5.54. The molecule has 1 fully saturated rings. The second kappa shape index (κ2) is 13.0. The van der Waals surface area contributed by atoms with E-state index in [0.717, 1.165) is 33.8 Å². The Morgan fingerprint density at radius 3 is 2.61 bits per heavy atom. The van der Waals surface area contributed by atoms with Gasteiger partial charge >= 0.3 is 6.03 Å². The smallest absolute Gasteiger partial charge is 0.347 e. The van der Waals surface area contributed by atoms with Crippen LogP contribution in [0.15, 0.2) is 72.0 Å². The minimum absolute atomic E-state index is 0.0160.